The van der Waals surface area contributed by atoms with Gasteiger partial charge in [-0.1, -0.05) is 82.9 Å². The van der Waals surface area contributed by atoms with Gasteiger partial charge >= 0.3 is 0 Å². The highest BCUT2D eigenvalue weighted by Crippen LogP contribution is 2.11. The van der Waals surface area contributed by atoms with E-state index in [4.69, 9.17) is 9.90 Å². The fourth-order valence-corrected chi connectivity index (χ4v) is 3.40. The fourth-order valence-electron chi connectivity index (χ4n) is 3.40. The van der Waals surface area contributed by atoms with Crippen LogP contribution in [0.1, 0.15) is 110 Å². The predicted molar refractivity (Wildman–Crippen MR) is 129 cm³/mol. The van der Waals surface area contributed by atoms with E-state index in [1.54, 1.807) is 0 Å². The maximum Gasteiger partial charge on any atom is 0.300 e. The second kappa shape index (κ2) is 21.9. The summed E-state index contributed by atoms with van der Waals surface area (Å²) in [7, 11) is 0. The van der Waals surface area contributed by atoms with Gasteiger partial charge < -0.3 is 9.67 Å². The lowest BCUT2D eigenvalue weighted by Crippen LogP contribution is -2.01. The van der Waals surface area contributed by atoms with Crippen LogP contribution in [0.3, 0.4) is 0 Å². The molecule has 0 radical (unpaired) electrons. The number of allylic oxidation sites excluding steroid dienone is 3. The zero-order valence-corrected chi connectivity index (χ0v) is 19.7. The molecule has 4 nitrogen and oxygen atoms in total. The number of rotatable bonds is 18. The van der Waals surface area contributed by atoms with Crippen LogP contribution in [0.15, 0.2) is 37.2 Å². The summed E-state index contributed by atoms with van der Waals surface area (Å²) in [5, 5.41) is 7.42. The zero-order valence-electron chi connectivity index (χ0n) is 19.7. The molecule has 1 aromatic heterocycles. The number of hydrogen-bond donors (Lipinski definition) is 1. The summed E-state index contributed by atoms with van der Waals surface area (Å²) in [6.45, 7) is 8.04. The van der Waals surface area contributed by atoms with Gasteiger partial charge in [0, 0.05) is 32.3 Å². The van der Waals surface area contributed by atoms with Crippen LogP contribution < -0.4 is 0 Å². The summed E-state index contributed by atoms with van der Waals surface area (Å²) in [6.07, 6.45) is 30.8. The molecule has 4 heteroatoms. The van der Waals surface area contributed by atoms with Gasteiger partial charge in [-0.05, 0) is 32.1 Å². The molecule has 0 aromatic carbocycles. The number of aryl methyl sites for hydroxylation is 1. The minimum atomic E-state index is -0.833. The lowest BCUT2D eigenvalue weighted by molar-refractivity contribution is -0.134. The molecule has 0 saturated heterocycles. The average Bonchev–Trinajstić information content (AvgIpc) is 3.14. The summed E-state index contributed by atoms with van der Waals surface area (Å²) in [4.78, 5) is 13.4. The van der Waals surface area contributed by atoms with Crippen molar-refractivity contribution in [3.63, 3.8) is 0 Å². The highest BCUT2D eigenvalue weighted by Gasteiger charge is 2.00. The Kier molecular flexibility index (Phi) is 20.5. The third-order valence-corrected chi connectivity index (χ3v) is 5.04. The Hall–Kier alpha value is -1.84. The Bertz CT molecular complexity index is 545. The van der Waals surface area contributed by atoms with Gasteiger partial charge in [0.25, 0.3) is 5.97 Å². The van der Waals surface area contributed by atoms with Crippen LogP contribution in [0.5, 0.6) is 0 Å². The van der Waals surface area contributed by atoms with Crippen LogP contribution in [0, 0.1) is 0 Å². The molecule has 0 fully saturated rings. The molecule has 0 aliphatic rings. The van der Waals surface area contributed by atoms with Crippen LogP contribution in [0.25, 0.3) is 0 Å². The number of unbranched alkanes of at least 4 members (excludes halogenated alkanes) is 12. The quantitative estimate of drug-likeness (QED) is 0.196. The SMILES string of the molecule is C=CCn1ccnc1CCCCCCCCC=CCCCCCCCC.CC(=O)O. The maximum atomic E-state index is 9.00. The molecular formula is C26H46N2O2. The van der Waals surface area contributed by atoms with Gasteiger partial charge in [0.1, 0.15) is 5.82 Å². The van der Waals surface area contributed by atoms with Gasteiger partial charge in [0.15, 0.2) is 0 Å². The zero-order chi connectivity index (χ0) is 22.3. The van der Waals surface area contributed by atoms with E-state index in [2.05, 4.69) is 41.4 Å². The predicted octanol–water partition coefficient (Wildman–Crippen LogP) is 7.74. The highest BCUT2D eigenvalue weighted by atomic mass is 16.4. The molecule has 1 aromatic rings. The number of aromatic nitrogens is 2. The van der Waals surface area contributed by atoms with E-state index in [1.165, 1.54) is 95.7 Å². The summed E-state index contributed by atoms with van der Waals surface area (Å²) in [6, 6.07) is 0. The minimum Gasteiger partial charge on any atom is -0.481 e. The van der Waals surface area contributed by atoms with Crippen molar-refractivity contribution in [3.05, 3.63) is 43.0 Å². The van der Waals surface area contributed by atoms with Gasteiger partial charge in [-0.2, -0.15) is 0 Å². The van der Waals surface area contributed by atoms with Crippen molar-refractivity contribution in [1.82, 2.24) is 9.55 Å². The molecule has 172 valence electrons. The van der Waals surface area contributed by atoms with Crippen LogP contribution in [0.2, 0.25) is 0 Å². The molecule has 0 saturated carbocycles. The Labute approximate surface area is 185 Å². The normalized spacial score (nSPS) is 10.7. The van der Waals surface area contributed by atoms with E-state index in [1.807, 2.05) is 12.3 Å². The first kappa shape index (κ1) is 28.2. The Morgan fingerprint density at radius 1 is 0.967 bits per heavy atom. The van der Waals surface area contributed by atoms with Crippen molar-refractivity contribution in [3.8, 4) is 0 Å². The number of imidazole rings is 1. The largest absolute Gasteiger partial charge is 0.481 e. The molecule has 0 unspecified atom stereocenters. The fraction of sp³-hybridized carbons (Fsp3) is 0.692. The molecule has 30 heavy (non-hydrogen) atoms. The smallest absolute Gasteiger partial charge is 0.300 e. The number of carboxylic acid groups (broad SMARTS) is 1. The molecule has 1 rings (SSSR count). The third kappa shape index (κ3) is 19.5. The van der Waals surface area contributed by atoms with Crippen molar-refractivity contribution in [2.45, 2.75) is 117 Å². The van der Waals surface area contributed by atoms with Gasteiger partial charge in [-0.3, -0.25) is 4.79 Å². The number of aliphatic carboxylic acids is 1. The van der Waals surface area contributed by atoms with Crippen LogP contribution >= 0.6 is 0 Å². The maximum absolute atomic E-state index is 9.00. The Morgan fingerprint density at radius 3 is 2.00 bits per heavy atom. The second-order valence-electron chi connectivity index (χ2n) is 7.99. The second-order valence-corrected chi connectivity index (χ2v) is 7.99. The molecular weight excluding hydrogens is 372 g/mol. The van der Waals surface area contributed by atoms with Crippen LogP contribution in [-0.4, -0.2) is 20.6 Å². The van der Waals surface area contributed by atoms with Crippen LogP contribution in [-0.2, 0) is 17.8 Å². The average molecular weight is 419 g/mol. The van der Waals surface area contributed by atoms with Crippen molar-refractivity contribution < 1.29 is 9.90 Å². The molecule has 0 aliphatic heterocycles. The Morgan fingerprint density at radius 2 is 1.47 bits per heavy atom. The minimum absolute atomic E-state index is 0.833. The molecule has 0 atom stereocenters. The van der Waals surface area contributed by atoms with Gasteiger partial charge in [-0.15, -0.1) is 6.58 Å². The molecule has 0 amide bonds. The molecule has 0 aliphatic carbocycles. The van der Waals surface area contributed by atoms with E-state index in [9.17, 15) is 0 Å². The van der Waals surface area contributed by atoms with Crippen molar-refractivity contribution in [2.24, 2.45) is 0 Å². The summed E-state index contributed by atoms with van der Waals surface area (Å²) >= 11 is 0. The van der Waals surface area contributed by atoms with Crippen molar-refractivity contribution >= 4 is 5.97 Å². The molecule has 0 spiro atoms. The van der Waals surface area contributed by atoms with Crippen molar-refractivity contribution in [2.75, 3.05) is 0 Å². The van der Waals surface area contributed by atoms with E-state index in [-0.39, 0.29) is 0 Å². The monoisotopic (exact) mass is 418 g/mol. The number of hydrogen-bond acceptors (Lipinski definition) is 2. The first-order valence-electron chi connectivity index (χ1n) is 12.1. The highest BCUT2D eigenvalue weighted by molar-refractivity contribution is 5.62. The van der Waals surface area contributed by atoms with Crippen LogP contribution in [0.4, 0.5) is 0 Å². The number of carboxylic acids is 1. The third-order valence-electron chi connectivity index (χ3n) is 5.04. The van der Waals surface area contributed by atoms with Gasteiger partial charge in [0.05, 0.1) is 0 Å². The lowest BCUT2D eigenvalue weighted by Gasteiger charge is -2.05. The first-order valence-corrected chi connectivity index (χ1v) is 12.1. The standard InChI is InChI=1S/C24H42N2.C2H4O2/c1-3-5-6-7-8-9-10-11-12-13-14-15-16-17-18-19-20-24-25-21-23-26(24)22-4-2;1-2(3)4/h4,11-12,21,23H,2-3,5-10,13-20,22H2,1H3;1H3,(H,3,4). The van der Waals surface area contributed by atoms with Gasteiger partial charge in [0.2, 0.25) is 0 Å². The topological polar surface area (TPSA) is 55.1 Å². The summed E-state index contributed by atoms with van der Waals surface area (Å²) in [5.74, 6) is 0.375. The summed E-state index contributed by atoms with van der Waals surface area (Å²) in [5.41, 5.74) is 0. The van der Waals surface area contributed by atoms with E-state index >= 15 is 0 Å². The Balaban J connectivity index is 0.00000192. The van der Waals surface area contributed by atoms with E-state index in [0.717, 1.165) is 19.9 Å². The summed E-state index contributed by atoms with van der Waals surface area (Å²) < 4.78 is 2.20. The van der Waals surface area contributed by atoms with Crippen molar-refractivity contribution in [1.29, 1.82) is 0 Å². The van der Waals surface area contributed by atoms with E-state index in [0.29, 0.717) is 0 Å². The lowest BCUT2D eigenvalue weighted by atomic mass is 10.1. The number of nitrogens with zero attached hydrogens (tertiary/aromatic N) is 2. The number of carbonyl (C=O) groups is 1. The first-order chi connectivity index (χ1) is 14.6. The van der Waals surface area contributed by atoms with Gasteiger partial charge in [-0.25, -0.2) is 4.98 Å². The molecule has 1 N–H and O–H groups in total. The molecule has 0 bridgehead atoms. The van der Waals surface area contributed by atoms with E-state index < -0.39 is 5.97 Å². The molecule has 1 heterocycles.